The van der Waals surface area contributed by atoms with Crippen LogP contribution < -0.4 is 9.62 Å². The van der Waals surface area contributed by atoms with Crippen LogP contribution in [0.2, 0.25) is 10.0 Å². The molecule has 0 aromatic heterocycles. The van der Waals surface area contributed by atoms with Gasteiger partial charge in [0.2, 0.25) is 21.8 Å². The molecule has 2 aromatic rings. The number of hydrogen-bond acceptors (Lipinski definition) is 4. The van der Waals surface area contributed by atoms with E-state index < -0.39 is 16.1 Å². The van der Waals surface area contributed by atoms with Crippen molar-refractivity contribution >= 4 is 50.7 Å². The summed E-state index contributed by atoms with van der Waals surface area (Å²) in [5, 5.41) is 3.78. The molecule has 0 bridgehead atoms. The summed E-state index contributed by atoms with van der Waals surface area (Å²) < 4.78 is 26.2. The van der Waals surface area contributed by atoms with Crippen LogP contribution in [0.1, 0.15) is 57.6 Å². The van der Waals surface area contributed by atoms with Crippen molar-refractivity contribution in [3.05, 3.63) is 63.6 Å². The average Bonchev–Trinajstić information content (AvgIpc) is 2.83. The fraction of sp³-hybridized carbons (Fsp3) is 0.481. The highest BCUT2D eigenvalue weighted by Crippen LogP contribution is 2.27. The Balaban J connectivity index is 2.27. The van der Waals surface area contributed by atoms with Crippen LogP contribution in [0.15, 0.2) is 42.5 Å². The Labute approximate surface area is 231 Å². The molecule has 1 N–H and O–H groups in total. The molecule has 2 rings (SSSR count). The molecule has 0 aliphatic carbocycles. The van der Waals surface area contributed by atoms with Gasteiger partial charge in [0.1, 0.15) is 6.04 Å². The first-order valence-electron chi connectivity index (χ1n) is 12.5. The summed E-state index contributed by atoms with van der Waals surface area (Å²) in [6, 6.07) is 11.5. The predicted octanol–water partition coefficient (Wildman–Crippen LogP) is 5.57. The molecule has 0 unspecified atom stereocenters. The highest BCUT2D eigenvalue weighted by molar-refractivity contribution is 7.92. The van der Waals surface area contributed by atoms with Gasteiger partial charge >= 0.3 is 0 Å². The van der Waals surface area contributed by atoms with Gasteiger partial charge in [-0.1, -0.05) is 60.8 Å². The second-order valence-electron chi connectivity index (χ2n) is 9.24. The van der Waals surface area contributed by atoms with Gasteiger partial charge in [0.15, 0.2) is 0 Å². The van der Waals surface area contributed by atoms with Crippen molar-refractivity contribution < 1.29 is 18.0 Å². The topological polar surface area (TPSA) is 86.8 Å². The van der Waals surface area contributed by atoms with Crippen molar-refractivity contribution in [2.75, 3.05) is 17.1 Å². The Morgan fingerprint density at radius 3 is 2.11 bits per heavy atom. The van der Waals surface area contributed by atoms with E-state index in [1.165, 1.54) is 9.21 Å². The lowest BCUT2D eigenvalue weighted by Crippen LogP contribution is -2.50. The Kier molecular flexibility index (Phi) is 11.7. The molecular formula is C27H37Cl2N3O4S. The molecule has 0 fully saturated rings. The van der Waals surface area contributed by atoms with Crippen LogP contribution in [0.5, 0.6) is 0 Å². The minimum Gasteiger partial charge on any atom is -0.352 e. The van der Waals surface area contributed by atoms with Crippen LogP contribution in [0.25, 0.3) is 0 Å². The maximum absolute atomic E-state index is 13.5. The number of carbonyl (C=O) groups excluding carboxylic acids is 2. The molecule has 0 heterocycles. The largest absolute Gasteiger partial charge is 0.352 e. The number of anilines is 1. The van der Waals surface area contributed by atoms with Crippen LogP contribution in [0.4, 0.5) is 5.69 Å². The van der Waals surface area contributed by atoms with Gasteiger partial charge in [-0.05, 0) is 57.4 Å². The fourth-order valence-electron chi connectivity index (χ4n) is 3.93. The zero-order valence-electron chi connectivity index (χ0n) is 22.1. The number of rotatable bonds is 13. The van der Waals surface area contributed by atoms with Crippen molar-refractivity contribution in [3.8, 4) is 0 Å². The summed E-state index contributed by atoms with van der Waals surface area (Å²) in [7, 11) is -3.55. The maximum Gasteiger partial charge on any atom is 0.243 e. The first-order valence-corrected chi connectivity index (χ1v) is 15.1. The number of hydrogen-bond donors (Lipinski definition) is 1. The van der Waals surface area contributed by atoms with E-state index >= 15 is 0 Å². The van der Waals surface area contributed by atoms with E-state index in [1.54, 1.807) is 30.3 Å². The van der Waals surface area contributed by atoms with Gasteiger partial charge in [-0.15, -0.1) is 0 Å². The minimum atomic E-state index is -3.55. The molecule has 204 valence electrons. The van der Waals surface area contributed by atoms with Crippen LogP contribution in [-0.4, -0.2) is 50.0 Å². The number of nitrogens with zero attached hydrogens (tertiary/aromatic N) is 2. The SMILES string of the molecule is CC[C@@H](C)NC(=O)[C@@H](CC)N(Cc1c(Cl)cccc1Cl)C(=O)CCCN(c1ccc(C)cc1)S(C)(=O)=O. The minimum absolute atomic E-state index is 0.0415. The molecule has 2 aromatic carbocycles. The number of aryl methyl sites for hydroxylation is 1. The van der Waals surface area contributed by atoms with Crippen LogP contribution in [-0.2, 0) is 26.2 Å². The van der Waals surface area contributed by atoms with Gasteiger partial charge in [0, 0.05) is 41.2 Å². The molecule has 0 aliphatic heterocycles. The number of benzene rings is 2. The molecule has 0 radical (unpaired) electrons. The Morgan fingerprint density at radius 1 is 1.00 bits per heavy atom. The van der Waals surface area contributed by atoms with Crippen molar-refractivity contribution in [1.82, 2.24) is 10.2 Å². The molecule has 0 aliphatic rings. The molecule has 2 atom stereocenters. The smallest absolute Gasteiger partial charge is 0.243 e. The van der Waals surface area contributed by atoms with Crippen molar-refractivity contribution in [3.63, 3.8) is 0 Å². The van der Waals surface area contributed by atoms with Gasteiger partial charge in [0.05, 0.1) is 11.9 Å². The lowest BCUT2D eigenvalue weighted by molar-refractivity contribution is -0.141. The van der Waals surface area contributed by atoms with E-state index in [-0.39, 0.29) is 43.8 Å². The number of halogens is 2. The second kappa shape index (κ2) is 14.0. The summed E-state index contributed by atoms with van der Waals surface area (Å²) in [6.45, 7) is 7.85. The normalized spacial score (nSPS) is 13.1. The van der Waals surface area contributed by atoms with Gasteiger partial charge < -0.3 is 10.2 Å². The van der Waals surface area contributed by atoms with Crippen LogP contribution in [0, 0.1) is 6.92 Å². The number of nitrogens with one attached hydrogen (secondary N) is 1. The van der Waals surface area contributed by atoms with E-state index in [0.717, 1.165) is 18.2 Å². The lowest BCUT2D eigenvalue weighted by Gasteiger charge is -2.32. The molecule has 10 heteroatoms. The summed E-state index contributed by atoms with van der Waals surface area (Å²) in [6.07, 6.45) is 2.62. The monoisotopic (exact) mass is 569 g/mol. The molecule has 0 spiro atoms. The molecule has 37 heavy (non-hydrogen) atoms. The Morgan fingerprint density at radius 2 is 1.59 bits per heavy atom. The van der Waals surface area contributed by atoms with E-state index in [4.69, 9.17) is 23.2 Å². The van der Waals surface area contributed by atoms with E-state index in [1.807, 2.05) is 39.8 Å². The third-order valence-corrected chi connectivity index (χ3v) is 8.15. The Hall–Kier alpha value is -2.29. The van der Waals surface area contributed by atoms with Gasteiger partial charge in [-0.3, -0.25) is 13.9 Å². The zero-order valence-corrected chi connectivity index (χ0v) is 24.5. The lowest BCUT2D eigenvalue weighted by atomic mass is 10.1. The van der Waals surface area contributed by atoms with E-state index in [2.05, 4.69) is 5.32 Å². The number of sulfonamides is 1. The first kappa shape index (κ1) is 30.9. The highest BCUT2D eigenvalue weighted by Gasteiger charge is 2.30. The van der Waals surface area contributed by atoms with Crippen LogP contribution in [0.3, 0.4) is 0 Å². The van der Waals surface area contributed by atoms with Crippen LogP contribution >= 0.6 is 23.2 Å². The molecule has 7 nitrogen and oxygen atoms in total. The van der Waals surface area contributed by atoms with Crippen molar-refractivity contribution in [2.24, 2.45) is 0 Å². The van der Waals surface area contributed by atoms with Gasteiger partial charge in [-0.2, -0.15) is 0 Å². The number of amides is 2. The molecule has 0 saturated carbocycles. The fourth-order valence-corrected chi connectivity index (χ4v) is 5.41. The molecule has 0 saturated heterocycles. The van der Waals surface area contributed by atoms with E-state index in [0.29, 0.717) is 27.7 Å². The third-order valence-electron chi connectivity index (χ3n) is 6.25. The highest BCUT2D eigenvalue weighted by atomic mass is 35.5. The van der Waals surface area contributed by atoms with Crippen molar-refractivity contribution in [1.29, 1.82) is 0 Å². The maximum atomic E-state index is 13.5. The summed E-state index contributed by atoms with van der Waals surface area (Å²) in [5.41, 5.74) is 2.12. The second-order valence-corrected chi connectivity index (χ2v) is 12.0. The predicted molar refractivity (Wildman–Crippen MR) is 152 cm³/mol. The molecular weight excluding hydrogens is 533 g/mol. The van der Waals surface area contributed by atoms with E-state index in [9.17, 15) is 18.0 Å². The summed E-state index contributed by atoms with van der Waals surface area (Å²) in [5.74, 6) is -0.523. The summed E-state index contributed by atoms with van der Waals surface area (Å²) in [4.78, 5) is 28.2. The molecule has 2 amide bonds. The summed E-state index contributed by atoms with van der Waals surface area (Å²) >= 11 is 12.8. The Bertz CT molecular complexity index is 1150. The number of carbonyl (C=O) groups is 2. The zero-order chi connectivity index (χ0) is 27.8. The van der Waals surface area contributed by atoms with Gasteiger partial charge in [-0.25, -0.2) is 8.42 Å². The standard InChI is InChI=1S/C27H37Cl2N3O4S/c1-6-20(4)30-27(34)25(7-2)31(18-22-23(28)10-8-11-24(22)29)26(33)12-9-17-32(37(5,35)36)21-15-13-19(3)14-16-21/h8,10-11,13-16,20,25H,6-7,9,12,17-18H2,1-5H3,(H,30,34)/t20-,25-/m1/s1. The average molecular weight is 571 g/mol. The quantitative estimate of drug-likeness (QED) is 0.341. The first-order chi connectivity index (χ1) is 17.4. The third kappa shape index (κ3) is 8.90. The van der Waals surface area contributed by atoms with Gasteiger partial charge in [0.25, 0.3) is 0 Å². The van der Waals surface area contributed by atoms with Crippen molar-refractivity contribution in [2.45, 2.75) is 72.0 Å².